The molecule has 1 aromatic carbocycles. The van der Waals surface area contributed by atoms with Crippen molar-refractivity contribution in [3.63, 3.8) is 0 Å². The Bertz CT molecular complexity index is 611. The van der Waals surface area contributed by atoms with Crippen LogP contribution in [0.15, 0.2) is 24.3 Å². The highest BCUT2D eigenvalue weighted by molar-refractivity contribution is 5.98. The second kappa shape index (κ2) is 9.14. The Morgan fingerprint density at radius 3 is 2.54 bits per heavy atom. The van der Waals surface area contributed by atoms with E-state index >= 15 is 0 Å². The molecule has 0 bridgehead atoms. The van der Waals surface area contributed by atoms with Crippen LogP contribution in [0.4, 0.5) is 0 Å². The number of benzene rings is 1. The Morgan fingerprint density at radius 2 is 1.85 bits per heavy atom. The minimum atomic E-state index is 0.0132. The highest BCUT2D eigenvalue weighted by atomic mass is 16.5. The maximum atomic E-state index is 12.5. The third-order valence-corrected chi connectivity index (χ3v) is 5.24. The number of likely N-dealkylation sites (tertiary alicyclic amines) is 1. The van der Waals surface area contributed by atoms with Crippen molar-refractivity contribution in [3.8, 4) is 5.75 Å². The summed E-state index contributed by atoms with van der Waals surface area (Å²) >= 11 is 0. The number of piperazine rings is 1. The van der Waals surface area contributed by atoms with Crippen LogP contribution in [0.3, 0.4) is 0 Å². The third-order valence-electron chi connectivity index (χ3n) is 5.24. The summed E-state index contributed by atoms with van der Waals surface area (Å²) in [6.45, 7) is 8.32. The first kappa shape index (κ1) is 18.9. The first-order valence-corrected chi connectivity index (χ1v) is 9.66. The van der Waals surface area contributed by atoms with E-state index in [9.17, 15) is 9.59 Å². The van der Waals surface area contributed by atoms with Gasteiger partial charge in [-0.25, -0.2) is 0 Å². The van der Waals surface area contributed by atoms with Crippen molar-refractivity contribution in [3.05, 3.63) is 29.8 Å². The second-order valence-corrected chi connectivity index (χ2v) is 6.95. The monoisotopic (exact) mass is 359 g/mol. The van der Waals surface area contributed by atoms with Crippen LogP contribution in [0.2, 0.25) is 0 Å². The lowest BCUT2D eigenvalue weighted by atomic mass is 10.1. The second-order valence-electron chi connectivity index (χ2n) is 6.95. The summed E-state index contributed by atoms with van der Waals surface area (Å²) < 4.78 is 5.39. The zero-order chi connectivity index (χ0) is 18.4. The first-order valence-electron chi connectivity index (χ1n) is 9.66. The average molecular weight is 359 g/mol. The van der Waals surface area contributed by atoms with Gasteiger partial charge in [0.25, 0.3) is 0 Å². The molecule has 2 saturated heterocycles. The molecule has 2 fully saturated rings. The van der Waals surface area contributed by atoms with Crippen molar-refractivity contribution in [2.75, 3.05) is 45.9 Å². The molecule has 26 heavy (non-hydrogen) atoms. The van der Waals surface area contributed by atoms with Crippen molar-refractivity contribution < 1.29 is 14.3 Å². The van der Waals surface area contributed by atoms with Gasteiger partial charge in [-0.2, -0.15) is 0 Å². The highest BCUT2D eigenvalue weighted by Crippen LogP contribution is 2.18. The Balaban J connectivity index is 1.44. The van der Waals surface area contributed by atoms with Gasteiger partial charge in [0.1, 0.15) is 5.75 Å². The molecule has 0 aromatic heterocycles. The summed E-state index contributed by atoms with van der Waals surface area (Å²) in [6, 6.07) is 7.62. The Morgan fingerprint density at radius 1 is 1.12 bits per heavy atom. The van der Waals surface area contributed by atoms with Gasteiger partial charge in [-0.3, -0.25) is 14.5 Å². The third kappa shape index (κ3) is 4.83. The molecule has 1 N–H and O–H groups in total. The van der Waals surface area contributed by atoms with Crippen molar-refractivity contribution in [1.29, 1.82) is 0 Å². The number of rotatable bonds is 7. The molecule has 1 aromatic rings. The smallest absolute Gasteiger partial charge is 0.223 e. The van der Waals surface area contributed by atoms with Gasteiger partial charge in [-0.1, -0.05) is 0 Å². The van der Waals surface area contributed by atoms with E-state index in [-0.39, 0.29) is 18.1 Å². The van der Waals surface area contributed by atoms with Gasteiger partial charge in [0.05, 0.1) is 6.61 Å². The van der Waals surface area contributed by atoms with Crippen LogP contribution in [-0.2, 0) is 4.79 Å². The van der Waals surface area contributed by atoms with E-state index in [2.05, 4.69) is 10.2 Å². The molecular weight excluding hydrogens is 330 g/mol. The number of carbonyl (C=O) groups is 2. The number of carbonyl (C=O) groups excluding carboxylic acids is 2. The van der Waals surface area contributed by atoms with Crippen LogP contribution in [0.25, 0.3) is 0 Å². The quantitative estimate of drug-likeness (QED) is 0.749. The predicted molar refractivity (Wildman–Crippen MR) is 101 cm³/mol. The van der Waals surface area contributed by atoms with Crippen LogP contribution in [-0.4, -0.2) is 73.4 Å². The van der Waals surface area contributed by atoms with E-state index in [0.717, 1.165) is 51.4 Å². The molecule has 3 rings (SSSR count). The molecule has 142 valence electrons. The lowest BCUT2D eigenvalue weighted by Crippen LogP contribution is -2.49. The summed E-state index contributed by atoms with van der Waals surface area (Å²) in [4.78, 5) is 29.2. The largest absolute Gasteiger partial charge is 0.494 e. The highest BCUT2D eigenvalue weighted by Gasteiger charge is 2.30. The molecular formula is C20H29N3O3. The molecule has 0 aliphatic carbocycles. The van der Waals surface area contributed by atoms with E-state index in [4.69, 9.17) is 4.74 Å². The van der Waals surface area contributed by atoms with Crippen molar-refractivity contribution in [2.24, 2.45) is 0 Å². The molecule has 6 heteroatoms. The van der Waals surface area contributed by atoms with Crippen LogP contribution in [0.5, 0.6) is 5.75 Å². The molecule has 0 saturated carbocycles. The molecule has 2 aliphatic rings. The van der Waals surface area contributed by atoms with Crippen LogP contribution in [0, 0.1) is 0 Å². The molecule has 6 nitrogen and oxygen atoms in total. The summed E-state index contributed by atoms with van der Waals surface area (Å²) in [5.74, 6) is 0.873. The van der Waals surface area contributed by atoms with Crippen molar-refractivity contribution in [1.82, 2.24) is 15.1 Å². The van der Waals surface area contributed by atoms with Gasteiger partial charge in [0, 0.05) is 63.7 Å². The lowest BCUT2D eigenvalue weighted by Gasteiger charge is -2.32. The number of hydrogen-bond acceptors (Lipinski definition) is 5. The minimum absolute atomic E-state index is 0.0132. The minimum Gasteiger partial charge on any atom is -0.494 e. The van der Waals surface area contributed by atoms with Gasteiger partial charge in [-0.05, 0) is 37.6 Å². The van der Waals surface area contributed by atoms with E-state index in [1.54, 1.807) is 24.3 Å². The molecule has 2 aliphatic heterocycles. The molecule has 0 spiro atoms. The maximum absolute atomic E-state index is 12.5. The number of Topliss-reactive ketones (excluding diaryl/α,β-unsaturated/α-hetero) is 1. The number of nitrogens with one attached hydrogen (secondary N) is 1. The number of hydrogen-bond donors (Lipinski definition) is 1. The SMILES string of the molecule is CCOc1ccc(C(=O)CCC(=O)N2CCC(N3CCNCC3)C2)cc1. The predicted octanol–water partition coefficient (Wildman–Crippen LogP) is 1.55. The van der Waals surface area contributed by atoms with Gasteiger partial charge < -0.3 is 15.0 Å². The zero-order valence-electron chi connectivity index (χ0n) is 15.6. The summed E-state index contributed by atoms with van der Waals surface area (Å²) in [5, 5.41) is 3.36. The first-order chi connectivity index (χ1) is 12.7. The summed E-state index contributed by atoms with van der Waals surface area (Å²) in [5.41, 5.74) is 0.640. The number of nitrogens with zero attached hydrogens (tertiary/aromatic N) is 2. The Kier molecular flexibility index (Phi) is 6.63. The van der Waals surface area contributed by atoms with Gasteiger partial charge >= 0.3 is 0 Å². The molecule has 2 heterocycles. The zero-order valence-corrected chi connectivity index (χ0v) is 15.6. The normalized spacial score (nSPS) is 21.0. The Hall–Kier alpha value is -1.92. The van der Waals surface area contributed by atoms with Gasteiger partial charge in [0.2, 0.25) is 5.91 Å². The van der Waals surface area contributed by atoms with Crippen LogP contribution < -0.4 is 10.1 Å². The van der Waals surface area contributed by atoms with Crippen molar-refractivity contribution in [2.45, 2.75) is 32.2 Å². The molecule has 1 amide bonds. The molecule has 0 radical (unpaired) electrons. The molecule has 1 atom stereocenters. The van der Waals surface area contributed by atoms with Crippen LogP contribution >= 0.6 is 0 Å². The van der Waals surface area contributed by atoms with E-state index in [0.29, 0.717) is 24.6 Å². The summed E-state index contributed by atoms with van der Waals surface area (Å²) in [7, 11) is 0. The molecule has 1 unspecified atom stereocenters. The Labute approximate surface area is 155 Å². The van der Waals surface area contributed by atoms with Gasteiger partial charge in [0.15, 0.2) is 5.78 Å². The standard InChI is InChI=1S/C20H29N3O3/c1-2-26-18-5-3-16(4-6-18)19(24)7-8-20(25)23-12-9-17(15-23)22-13-10-21-11-14-22/h3-6,17,21H,2,7-15H2,1H3. The van der Waals surface area contributed by atoms with Crippen LogP contribution in [0.1, 0.15) is 36.5 Å². The summed E-state index contributed by atoms with van der Waals surface area (Å²) in [6.07, 6.45) is 1.60. The lowest BCUT2D eigenvalue weighted by molar-refractivity contribution is -0.130. The topological polar surface area (TPSA) is 61.9 Å². The number of ketones is 1. The number of amides is 1. The fraction of sp³-hybridized carbons (Fsp3) is 0.600. The van der Waals surface area contributed by atoms with E-state index < -0.39 is 0 Å². The van der Waals surface area contributed by atoms with E-state index in [1.165, 1.54) is 0 Å². The fourth-order valence-electron chi connectivity index (χ4n) is 3.74. The fourth-order valence-corrected chi connectivity index (χ4v) is 3.74. The van der Waals surface area contributed by atoms with Gasteiger partial charge in [-0.15, -0.1) is 0 Å². The number of ether oxygens (including phenoxy) is 1. The average Bonchev–Trinajstić information content (AvgIpc) is 3.18. The van der Waals surface area contributed by atoms with Crippen molar-refractivity contribution >= 4 is 11.7 Å². The van der Waals surface area contributed by atoms with E-state index in [1.807, 2.05) is 11.8 Å². The maximum Gasteiger partial charge on any atom is 0.223 e.